The molecule has 2 aliphatic carbocycles. The van der Waals surface area contributed by atoms with Gasteiger partial charge in [-0.1, -0.05) is 0 Å². The van der Waals surface area contributed by atoms with E-state index >= 15 is 0 Å². The molecule has 0 aliphatic heterocycles. The van der Waals surface area contributed by atoms with Gasteiger partial charge < -0.3 is 0 Å². The average molecular weight is 315 g/mol. The van der Waals surface area contributed by atoms with Gasteiger partial charge >= 0.3 is 113 Å². The van der Waals surface area contributed by atoms with Crippen LogP contribution in [0.15, 0.2) is 43.8 Å². The van der Waals surface area contributed by atoms with Gasteiger partial charge in [0.1, 0.15) is 0 Å². The van der Waals surface area contributed by atoms with Crippen molar-refractivity contribution in [1.29, 1.82) is 0 Å². The number of rotatable bonds is 6. The summed E-state index contributed by atoms with van der Waals surface area (Å²) in [6.07, 6.45) is 17.0. The SMILES string of the molecule is CCCC1=[C]([Ru][C]2=C(CCC)C=CC2)CC=C1. The summed E-state index contributed by atoms with van der Waals surface area (Å²) in [5.74, 6) is 0. The van der Waals surface area contributed by atoms with E-state index < -0.39 is 0 Å². The van der Waals surface area contributed by atoms with Gasteiger partial charge in [-0.25, -0.2) is 0 Å². The Balaban J connectivity index is 2.06. The molecule has 0 fully saturated rings. The van der Waals surface area contributed by atoms with E-state index in [0.29, 0.717) is 17.1 Å². The first-order chi connectivity index (χ1) is 8.35. The van der Waals surface area contributed by atoms with Gasteiger partial charge in [0.15, 0.2) is 0 Å². The van der Waals surface area contributed by atoms with Crippen LogP contribution in [-0.2, 0) is 17.1 Å². The topological polar surface area (TPSA) is 0 Å². The molecule has 0 atom stereocenters. The summed E-state index contributed by atoms with van der Waals surface area (Å²) < 4.78 is 3.54. The van der Waals surface area contributed by atoms with Crippen molar-refractivity contribution in [3.63, 3.8) is 0 Å². The molecule has 0 bridgehead atoms. The van der Waals surface area contributed by atoms with Gasteiger partial charge in [0, 0.05) is 0 Å². The van der Waals surface area contributed by atoms with Gasteiger partial charge in [-0.15, -0.1) is 0 Å². The van der Waals surface area contributed by atoms with Crippen LogP contribution in [0.3, 0.4) is 0 Å². The van der Waals surface area contributed by atoms with Crippen molar-refractivity contribution in [2.75, 3.05) is 0 Å². The Hall–Kier alpha value is -0.417. The Bertz CT molecular complexity index is 356. The Morgan fingerprint density at radius 1 is 0.882 bits per heavy atom. The second kappa shape index (κ2) is 6.50. The van der Waals surface area contributed by atoms with Crippen molar-refractivity contribution in [2.45, 2.75) is 52.4 Å². The first-order valence-electron chi connectivity index (χ1n) is 6.74. The summed E-state index contributed by atoms with van der Waals surface area (Å²) in [5, 5.41) is 0. The van der Waals surface area contributed by atoms with Crippen LogP contribution in [0.1, 0.15) is 52.4 Å². The van der Waals surface area contributed by atoms with Crippen LogP contribution >= 0.6 is 0 Å². The van der Waals surface area contributed by atoms with Gasteiger partial charge in [-0.2, -0.15) is 0 Å². The zero-order chi connectivity index (χ0) is 12.1. The molecule has 0 spiro atoms. The van der Waals surface area contributed by atoms with E-state index in [0.717, 1.165) is 0 Å². The standard InChI is InChI=1S/2C8H11.Ru/c2*1-2-5-8-6-3-4-7-8;/h2*3,6H,2,4-5H2,1H3;. The molecule has 17 heavy (non-hydrogen) atoms. The van der Waals surface area contributed by atoms with Crippen LogP contribution in [-0.4, -0.2) is 0 Å². The molecular weight excluding hydrogens is 293 g/mol. The van der Waals surface area contributed by atoms with Crippen molar-refractivity contribution < 1.29 is 17.1 Å². The van der Waals surface area contributed by atoms with E-state index in [4.69, 9.17) is 0 Å². The summed E-state index contributed by atoms with van der Waals surface area (Å²) in [6, 6.07) is 0. The molecule has 2 rings (SSSR count). The van der Waals surface area contributed by atoms with Crippen LogP contribution in [0, 0.1) is 0 Å². The van der Waals surface area contributed by atoms with Gasteiger partial charge in [0.2, 0.25) is 0 Å². The maximum atomic E-state index is 2.37. The van der Waals surface area contributed by atoms with Crippen molar-refractivity contribution in [1.82, 2.24) is 0 Å². The third kappa shape index (κ3) is 3.29. The second-order valence-corrected chi connectivity index (χ2v) is 7.16. The molecule has 0 nitrogen and oxygen atoms in total. The zero-order valence-electron chi connectivity index (χ0n) is 10.9. The molecule has 0 unspecified atom stereocenters. The average Bonchev–Trinajstić information content (AvgIpc) is 2.92. The van der Waals surface area contributed by atoms with E-state index in [-0.39, 0.29) is 0 Å². The third-order valence-corrected chi connectivity index (χ3v) is 6.03. The van der Waals surface area contributed by atoms with Crippen molar-refractivity contribution in [2.24, 2.45) is 0 Å². The molecular formula is C16H22Ru. The molecule has 0 saturated carbocycles. The third-order valence-electron chi connectivity index (χ3n) is 3.16. The van der Waals surface area contributed by atoms with Crippen molar-refractivity contribution in [3.05, 3.63) is 43.8 Å². The predicted octanol–water partition coefficient (Wildman–Crippen LogP) is 5.10. The number of hydrogen-bond donors (Lipinski definition) is 0. The van der Waals surface area contributed by atoms with E-state index in [2.05, 4.69) is 38.2 Å². The van der Waals surface area contributed by atoms with Gasteiger partial charge in [0.25, 0.3) is 0 Å². The molecule has 2 aliphatic rings. The maximum absolute atomic E-state index is 2.37. The van der Waals surface area contributed by atoms with Crippen LogP contribution in [0.5, 0.6) is 0 Å². The Morgan fingerprint density at radius 2 is 1.35 bits per heavy atom. The second-order valence-electron chi connectivity index (χ2n) is 4.63. The fourth-order valence-electron chi connectivity index (χ4n) is 2.33. The van der Waals surface area contributed by atoms with Crippen LogP contribution in [0.4, 0.5) is 0 Å². The van der Waals surface area contributed by atoms with Gasteiger partial charge in [-0.3, -0.25) is 0 Å². The summed E-state index contributed by atoms with van der Waals surface area (Å²) in [5.41, 5.74) is 3.31. The van der Waals surface area contributed by atoms with E-state index in [9.17, 15) is 0 Å². The molecule has 0 N–H and O–H groups in total. The van der Waals surface area contributed by atoms with E-state index in [1.54, 1.807) is 19.5 Å². The molecule has 0 aromatic rings. The van der Waals surface area contributed by atoms with E-state index in [1.165, 1.54) is 38.5 Å². The van der Waals surface area contributed by atoms with Crippen molar-refractivity contribution in [3.8, 4) is 0 Å². The first-order valence-corrected chi connectivity index (χ1v) is 8.48. The minimum atomic E-state index is 0.343. The summed E-state index contributed by atoms with van der Waals surface area (Å²) in [6.45, 7) is 4.57. The Labute approximate surface area is 113 Å². The van der Waals surface area contributed by atoms with Crippen LogP contribution < -0.4 is 0 Å². The van der Waals surface area contributed by atoms with Crippen LogP contribution in [0.25, 0.3) is 0 Å². The zero-order valence-corrected chi connectivity index (χ0v) is 12.6. The molecule has 1 heteroatoms. The fourth-order valence-corrected chi connectivity index (χ4v) is 5.01. The Kier molecular flexibility index (Phi) is 4.98. The molecule has 0 aromatic heterocycles. The van der Waals surface area contributed by atoms with Crippen molar-refractivity contribution >= 4 is 0 Å². The molecule has 0 radical (unpaired) electrons. The number of allylic oxidation sites excluding steroid dienone is 8. The van der Waals surface area contributed by atoms with Crippen LogP contribution in [0.2, 0.25) is 0 Å². The first kappa shape index (κ1) is 13.0. The quantitative estimate of drug-likeness (QED) is 0.598. The molecule has 0 heterocycles. The normalized spacial score (nSPS) is 19.2. The van der Waals surface area contributed by atoms with E-state index in [1.807, 2.05) is 0 Å². The van der Waals surface area contributed by atoms with Gasteiger partial charge in [-0.05, 0) is 0 Å². The predicted molar refractivity (Wildman–Crippen MR) is 71.4 cm³/mol. The molecule has 94 valence electrons. The number of hydrogen-bond acceptors (Lipinski definition) is 0. The summed E-state index contributed by atoms with van der Waals surface area (Å²) >= 11 is 0.343. The summed E-state index contributed by atoms with van der Waals surface area (Å²) in [4.78, 5) is 0. The van der Waals surface area contributed by atoms with Gasteiger partial charge in [0.05, 0.1) is 0 Å². The molecule has 0 saturated heterocycles. The summed E-state index contributed by atoms with van der Waals surface area (Å²) in [7, 11) is 0. The monoisotopic (exact) mass is 316 g/mol. The minimum absolute atomic E-state index is 0.343. The fraction of sp³-hybridized carbons (Fsp3) is 0.500. The Morgan fingerprint density at radius 3 is 1.76 bits per heavy atom. The molecule has 0 aromatic carbocycles. The molecule has 0 amide bonds.